The van der Waals surface area contributed by atoms with Crippen LogP contribution in [0.3, 0.4) is 0 Å². The van der Waals surface area contributed by atoms with Crippen molar-refractivity contribution in [3.63, 3.8) is 0 Å². The third-order valence-corrected chi connectivity index (χ3v) is 4.27. The first-order chi connectivity index (χ1) is 12.1. The highest BCUT2D eigenvalue weighted by atomic mass is 16.5. The van der Waals surface area contributed by atoms with E-state index in [-0.39, 0.29) is 12.5 Å². The van der Waals surface area contributed by atoms with Crippen molar-refractivity contribution in [2.45, 2.75) is 19.4 Å². The van der Waals surface area contributed by atoms with Gasteiger partial charge in [0, 0.05) is 24.8 Å². The maximum atomic E-state index is 12.5. The number of amides is 1. The van der Waals surface area contributed by atoms with E-state index in [1.807, 2.05) is 18.2 Å². The molecule has 2 heterocycles. The number of hydrogen-bond donors (Lipinski definition) is 1. The number of nitrogens with zero attached hydrogens (tertiary/aromatic N) is 2. The molecule has 1 saturated heterocycles. The molecule has 6 nitrogen and oxygen atoms in total. The van der Waals surface area contributed by atoms with Crippen LogP contribution in [0.25, 0.3) is 0 Å². The number of hydrogen-bond acceptors (Lipinski definition) is 4. The van der Waals surface area contributed by atoms with E-state index in [0.717, 1.165) is 5.69 Å². The summed E-state index contributed by atoms with van der Waals surface area (Å²) in [5, 5.41) is 9.14. The van der Waals surface area contributed by atoms with Crippen LogP contribution in [-0.2, 0) is 11.4 Å². The Labute approximate surface area is 146 Å². The quantitative estimate of drug-likeness (QED) is 0.905. The number of carbonyl (C=O) groups excluding carboxylic acids is 1. The van der Waals surface area contributed by atoms with Gasteiger partial charge in [0.25, 0.3) is 5.91 Å². The number of carboxylic acid groups (broad SMARTS) is 1. The Morgan fingerprint density at radius 1 is 1.20 bits per heavy atom. The smallest absolute Gasteiger partial charge is 0.308 e. The number of carboxylic acids is 1. The lowest BCUT2D eigenvalue weighted by molar-refractivity contribution is -0.143. The second kappa shape index (κ2) is 7.79. The average molecular weight is 340 g/mol. The van der Waals surface area contributed by atoms with E-state index < -0.39 is 11.9 Å². The van der Waals surface area contributed by atoms with E-state index in [1.165, 1.54) is 0 Å². The molecule has 1 aliphatic rings. The van der Waals surface area contributed by atoms with Gasteiger partial charge in [0.1, 0.15) is 12.4 Å². The number of carbonyl (C=O) groups is 2. The van der Waals surface area contributed by atoms with Gasteiger partial charge in [-0.05, 0) is 49.2 Å². The van der Waals surface area contributed by atoms with Gasteiger partial charge in [-0.15, -0.1) is 0 Å². The van der Waals surface area contributed by atoms with Crippen LogP contribution in [0.4, 0.5) is 0 Å². The lowest BCUT2D eigenvalue weighted by atomic mass is 9.97. The zero-order valence-corrected chi connectivity index (χ0v) is 13.8. The molecule has 3 rings (SSSR count). The molecule has 1 amide bonds. The third-order valence-electron chi connectivity index (χ3n) is 4.27. The summed E-state index contributed by atoms with van der Waals surface area (Å²) in [6, 6.07) is 12.5. The summed E-state index contributed by atoms with van der Waals surface area (Å²) >= 11 is 0. The molecule has 0 saturated carbocycles. The van der Waals surface area contributed by atoms with E-state index >= 15 is 0 Å². The van der Waals surface area contributed by atoms with E-state index in [9.17, 15) is 9.59 Å². The molecule has 1 aliphatic heterocycles. The number of likely N-dealkylation sites (tertiary alicyclic amines) is 1. The number of pyridine rings is 1. The maximum absolute atomic E-state index is 12.5. The van der Waals surface area contributed by atoms with Crippen LogP contribution >= 0.6 is 0 Å². The molecule has 0 spiro atoms. The van der Waals surface area contributed by atoms with Gasteiger partial charge in [0.2, 0.25) is 0 Å². The van der Waals surface area contributed by atoms with E-state index in [4.69, 9.17) is 9.84 Å². The van der Waals surface area contributed by atoms with Crippen LogP contribution in [0.1, 0.15) is 28.9 Å². The third kappa shape index (κ3) is 4.35. The van der Waals surface area contributed by atoms with Crippen molar-refractivity contribution in [2.24, 2.45) is 5.92 Å². The SMILES string of the molecule is O=C(O)C1CCCN(C(=O)c2ccc(OCc3ccccn3)cc2)C1. The Kier molecular flexibility index (Phi) is 5.28. The Hall–Kier alpha value is -2.89. The predicted octanol–water partition coefficient (Wildman–Crippen LogP) is 2.60. The summed E-state index contributed by atoms with van der Waals surface area (Å²) in [7, 11) is 0. The fourth-order valence-corrected chi connectivity index (χ4v) is 2.88. The molecule has 130 valence electrons. The Bertz CT molecular complexity index is 731. The molecule has 0 bridgehead atoms. The number of aromatic nitrogens is 1. The summed E-state index contributed by atoms with van der Waals surface area (Å²) in [4.78, 5) is 29.5. The molecule has 2 aromatic rings. The first-order valence-electron chi connectivity index (χ1n) is 8.28. The molecule has 1 atom stereocenters. The van der Waals surface area contributed by atoms with Gasteiger partial charge < -0.3 is 14.7 Å². The first-order valence-corrected chi connectivity index (χ1v) is 8.28. The molecule has 1 unspecified atom stereocenters. The van der Waals surface area contributed by atoms with Crippen molar-refractivity contribution >= 4 is 11.9 Å². The minimum atomic E-state index is -0.837. The monoisotopic (exact) mass is 340 g/mol. The highest BCUT2D eigenvalue weighted by molar-refractivity contribution is 5.94. The van der Waals surface area contributed by atoms with Crippen molar-refractivity contribution in [3.8, 4) is 5.75 Å². The normalized spacial score (nSPS) is 17.1. The summed E-state index contributed by atoms with van der Waals surface area (Å²) < 4.78 is 5.66. The summed E-state index contributed by atoms with van der Waals surface area (Å²) in [5.74, 6) is -0.791. The molecule has 6 heteroatoms. The van der Waals surface area contributed by atoms with Gasteiger partial charge in [0.05, 0.1) is 11.6 Å². The molecule has 0 aliphatic carbocycles. The molecule has 0 radical (unpaired) electrons. The molecule has 1 aromatic heterocycles. The Morgan fingerprint density at radius 2 is 2.00 bits per heavy atom. The van der Waals surface area contributed by atoms with Crippen molar-refractivity contribution in [2.75, 3.05) is 13.1 Å². The van der Waals surface area contributed by atoms with Crippen molar-refractivity contribution in [1.29, 1.82) is 0 Å². The fraction of sp³-hybridized carbons (Fsp3) is 0.316. The zero-order valence-electron chi connectivity index (χ0n) is 13.8. The van der Waals surface area contributed by atoms with Gasteiger partial charge in [-0.1, -0.05) is 6.07 Å². The molecule has 1 N–H and O–H groups in total. The van der Waals surface area contributed by atoms with Crippen LogP contribution in [-0.4, -0.2) is 40.0 Å². The second-order valence-electron chi connectivity index (χ2n) is 6.06. The minimum absolute atomic E-state index is 0.137. The molecular weight excluding hydrogens is 320 g/mol. The minimum Gasteiger partial charge on any atom is -0.487 e. The van der Waals surface area contributed by atoms with Crippen LogP contribution in [0.15, 0.2) is 48.7 Å². The number of piperidine rings is 1. The number of rotatable bonds is 5. The molecular formula is C19H20N2O4. The number of benzene rings is 1. The highest BCUT2D eigenvalue weighted by Gasteiger charge is 2.28. The lowest BCUT2D eigenvalue weighted by Gasteiger charge is -2.30. The molecule has 25 heavy (non-hydrogen) atoms. The Balaban J connectivity index is 1.59. The summed E-state index contributed by atoms with van der Waals surface area (Å²) in [5.41, 5.74) is 1.37. The van der Waals surface area contributed by atoms with Gasteiger partial charge in [0.15, 0.2) is 0 Å². The van der Waals surface area contributed by atoms with E-state index in [2.05, 4.69) is 4.98 Å². The molecule has 1 aromatic carbocycles. The standard InChI is InChI=1S/C19H20N2O4/c22-18(21-11-3-4-15(12-21)19(23)24)14-6-8-17(9-7-14)25-13-16-5-1-2-10-20-16/h1-2,5-10,15H,3-4,11-13H2,(H,23,24). The van der Waals surface area contributed by atoms with Gasteiger partial charge in [-0.25, -0.2) is 0 Å². The van der Waals surface area contributed by atoms with E-state index in [1.54, 1.807) is 35.4 Å². The first kappa shape index (κ1) is 17.0. The summed E-state index contributed by atoms with van der Waals surface area (Å²) in [6.45, 7) is 1.23. The highest BCUT2D eigenvalue weighted by Crippen LogP contribution is 2.20. The number of aliphatic carboxylic acids is 1. The van der Waals surface area contributed by atoms with E-state index in [0.29, 0.717) is 37.3 Å². The average Bonchev–Trinajstić information content (AvgIpc) is 2.67. The van der Waals surface area contributed by atoms with Gasteiger partial charge in [-0.3, -0.25) is 14.6 Å². The van der Waals surface area contributed by atoms with Crippen LogP contribution in [0, 0.1) is 5.92 Å². The molecule has 1 fully saturated rings. The number of ether oxygens (including phenoxy) is 1. The fourth-order valence-electron chi connectivity index (χ4n) is 2.88. The van der Waals surface area contributed by atoms with Gasteiger partial charge >= 0.3 is 5.97 Å². The van der Waals surface area contributed by atoms with Crippen molar-refractivity contribution in [1.82, 2.24) is 9.88 Å². The topological polar surface area (TPSA) is 79.7 Å². The maximum Gasteiger partial charge on any atom is 0.308 e. The van der Waals surface area contributed by atoms with Gasteiger partial charge in [-0.2, -0.15) is 0 Å². The van der Waals surface area contributed by atoms with Crippen LogP contribution in [0.2, 0.25) is 0 Å². The second-order valence-corrected chi connectivity index (χ2v) is 6.06. The largest absolute Gasteiger partial charge is 0.487 e. The van der Waals surface area contributed by atoms with Crippen molar-refractivity contribution < 1.29 is 19.4 Å². The zero-order chi connectivity index (χ0) is 17.6. The van der Waals surface area contributed by atoms with Crippen molar-refractivity contribution in [3.05, 3.63) is 59.9 Å². The van der Waals surface area contributed by atoms with Crippen LogP contribution < -0.4 is 4.74 Å². The summed E-state index contributed by atoms with van der Waals surface area (Å²) in [6.07, 6.45) is 3.05. The Morgan fingerprint density at radius 3 is 2.68 bits per heavy atom. The predicted molar refractivity (Wildman–Crippen MR) is 91.3 cm³/mol. The van der Waals surface area contributed by atoms with Crippen LogP contribution in [0.5, 0.6) is 5.75 Å². The lowest BCUT2D eigenvalue weighted by Crippen LogP contribution is -2.42.